The van der Waals surface area contributed by atoms with Crippen LogP contribution in [0.1, 0.15) is 119 Å². The number of allylic oxidation sites excluding steroid dienone is 2. The van der Waals surface area contributed by atoms with Gasteiger partial charge in [-0.05, 0) is 121 Å². The molecule has 4 N–H and O–H groups in total. The van der Waals surface area contributed by atoms with Crippen LogP contribution in [0.4, 0.5) is 4.39 Å². The largest absolute Gasteiger partial charge is 0.481 e. The monoisotopic (exact) mass is 618 g/mol. The fourth-order valence-electron chi connectivity index (χ4n) is 12.8. The maximum Gasteiger partial charge on any atom is 0.310 e. The van der Waals surface area contributed by atoms with Gasteiger partial charge in [0.1, 0.15) is 31.1 Å². The summed E-state index contributed by atoms with van der Waals surface area (Å²) < 4.78 is 19.5. The van der Waals surface area contributed by atoms with E-state index in [4.69, 9.17) is 4.74 Å². The van der Waals surface area contributed by atoms with E-state index in [-0.39, 0.29) is 38.9 Å². The van der Waals surface area contributed by atoms with Gasteiger partial charge in [0, 0.05) is 0 Å². The summed E-state index contributed by atoms with van der Waals surface area (Å²) in [5.41, 5.74) is 1.14. The van der Waals surface area contributed by atoms with Crippen molar-refractivity contribution in [3.05, 3.63) is 11.6 Å². The van der Waals surface area contributed by atoms with E-state index in [1.54, 1.807) is 0 Å². The van der Waals surface area contributed by atoms with Crippen LogP contribution in [-0.2, 0) is 9.53 Å². The molecule has 0 aromatic heterocycles. The van der Waals surface area contributed by atoms with Gasteiger partial charge in [-0.25, -0.2) is 4.39 Å². The molecular formula is C37H59FO6. The SMILES string of the molecule is CC1(C)CC[C@]2(C(=O)O)CC[C@]3(C)C(=CCC4[C@@]5(C)CC[C@@H](C[C@@H]6OC(CF)[C@@H](O)C(O)C6O)C(C)(C)C5CC[C@]43C)C2C1. The lowest BCUT2D eigenvalue weighted by molar-refractivity contribution is -0.237. The molecule has 0 spiro atoms. The van der Waals surface area contributed by atoms with Crippen molar-refractivity contribution in [3.8, 4) is 0 Å². The maximum absolute atomic E-state index is 13.6. The third kappa shape index (κ3) is 4.40. The van der Waals surface area contributed by atoms with Crippen molar-refractivity contribution < 1.29 is 34.3 Å². The van der Waals surface area contributed by atoms with E-state index in [2.05, 4.69) is 54.5 Å². The number of fused-ring (bicyclic) bond motifs is 7. The molecule has 6 rings (SSSR count). The highest BCUT2D eigenvalue weighted by Crippen LogP contribution is 2.76. The molecule has 5 aliphatic carbocycles. The summed E-state index contributed by atoms with van der Waals surface area (Å²) in [4.78, 5) is 12.9. The summed E-state index contributed by atoms with van der Waals surface area (Å²) >= 11 is 0. The Hall–Kier alpha value is -1.02. The topological polar surface area (TPSA) is 107 Å². The van der Waals surface area contributed by atoms with Crippen LogP contribution in [0.5, 0.6) is 0 Å². The normalized spacial score (nSPS) is 52.9. The second-order valence-corrected chi connectivity index (χ2v) is 18.3. The van der Waals surface area contributed by atoms with Crippen LogP contribution in [-0.4, -0.2) is 63.6 Å². The third-order valence-electron chi connectivity index (χ3n) is 15.8. The van der Waals surface area contributed by atoms with Crippen molar-refractivity contribution >= 4 is 5.97 Å². The van der Waals surface area contributed by atoms with E-state index >= 15 is 0 Å². The number of carboxylic acid groups (broad SMARTS) is 1. The van der Waals surface area contributed by atoms with E-state index in [1.165, 1.54) is 5.57 Å². The van der Waals surface area contributed by atoms with Crippen LogP contribution in [0, 0.1) is 56.2 Å². The lowest BCUT2D eigenvalue weighted by Gasteiger charge is -2.71. The number of carboxylic acids is 1. The number of aliphatic hydroxyl groups excluding tert-OH is 3. The Bertz CT molecular complexity index is 1180. The Morgan fingerprint density at radius 2 is 1.52 bits per heavy atom. The van der Waals surface area contributed by atoms with Crippen molar-refractivity contribution in [1.29, 1.82) is 0 Å². The van der Waals surface area contributed by atoms with Gasteiger partial charge >= 0.3 is 5.97 Å². The number of carbonyl (C=O) groups is 1. The minimum absolute atomic E-state index is 0.0136. The number of aliphatic carboxylic acids is 1. The van der Waals surface area contributed by atoms with Crippen LogP contribution in [0.15, 0.2) is 11.6 Å². The molecule has 250 valence electrons. The van der Waals surface area contributed by atoms with Gasteiger partial charge in [-0.2, -0.15) is 0 Å². The lowest BCUT2D eigenvalue weighted by Crippen LogP contribution is -2.65. The number of ether oxygens (including phenoxy) is 1. The number of alkyl halides is 1. The van der Waals surface area contributed by atoms with Gasteiger partial charge in [-0.3, -0.25) is 4.79 Å². The number of hydrogen-bond acceptors (Lipinski definition) is 5. The van der Waals surface area contributed by atoms with Crippen LogP contribution in [0.25, 0.3) is 0 Å². The molecule has 1 saturated heterocycles. The summed E-state index contributed by atoms with van der Waals surface area (Å²) in [6, 6.07) is 0. The molecule has 1 heterocycles. The summed E-state index contributed by atoms with van der Waals surface area (Å²) in [7, 11) is 0. The Labute approximate surface area is 264 Å². The Kier molecular flexibility index (Phi) is 7.84. The van der Waals surface area contributed by atoms with Crippen LogP contribution >= 0.6 is 0 Å². The highest BCUT2D eigenvalue weighted by Gasteiger charge is 2.69. The van der Waals surface area contributed by atoms with Crippen molar-refractivity contribution in [2.75, 3.05) is 6.67 Å². The average Bonchev–Trinajstić information content (AvgIpc) is 2.94. The van der Waals surface area contributed by atoms with Crippen molar-refractivity contribution in [2.24, 2.45) is 56.2 Å². The average molecular weight is 619 g/mol. The van der Waals surface area contributed by atoms with Gasteiger partial charge in [0.2, 0.25) is 0 Å². The molecule has 44 heavy (non-hydrogen) atoms. The molecule has 7 heteroatoms. The van der Waals surface area contributed by atoms with E-state index in [0.29, 0.717) is 18.3 Å². The summed E-state index contributed by atoms with van der Waals surface area (Å²) in [6.45, 7) is 16.0. The summed E-state index contributed by atoms with van der Waals surface area (Å²) in [6.07, 6.45) is 6.92. The summed E-state index contributed by atoms with van der Waals surface area (Å²) in [5, 5.41) is 42.1. The van der Waals surface area contributed by atoms with Crippen LogP contribution in [0.2, 0.25) is 0 Å². The van der Waals surface area contributed by atoms with E-state index in [9.17, 15) is 29.6 Å². The third-order valence-corrected chi connectivity index (χ3v) is 15.8. The smallest absolute Gasteiger partial charge is 0.310 e. The number of rotatable bonds is 4. The second-order valence-electron chi connectivity index (χ2n) is 18.3. The zero-order valence-electron chi connectivity index (χ0n) is 28.2. The molecule has 6 aliphatic rings. The molecule has 0 amide bonds. The molecule has 0 aromatic rings. The first-order valence-corrected chi connectivity index (χ1v) is 17.6. The quantitative estimate of drug-likeness (QED) is 0.261. The van der Waals surface area contributed by atoms with E-state index in [0.717, 1.165) is 64.2 Å². The number of halogens is 1. The van der Waals surface area contributed by atoms with Gasteiger partial charge < -0.3 is 25.2 Å². The highest BCUT2D eigenvalue weighted by molar-refractivity contribution is 5.76. The van der Waals surface area contributed by atoms with Gasteiger partial charge in [-0.1, -0.05) is 60.1 Å². The van der Waals surface area contributed by atoms with E-state index in [1.807, 2.05) is 0 Å². The molecular weight excluding hydrogens is 559 g/mol. The molecule has 6 unspecified atom stereocenters. The van der Waals surface area contributed by atoms with Crippen LogP contribution in [0.3, 0.4) is 0 Å². The molecule has 6 nitrogen and oxygen atoms in total. The predicted octanol–water partition coefficient (Wildman–Crippen LogP) is 6.70. The molecule has 0 radical (unpaired) electrons. The zero-order chi connectivity index (χ0) is 32.3. The van der Waals surface area contributed by atoms with Gasteiger partial charge in [0.15, 0.2) is 0 Å². The highest BCUT2D eigenvalue weighted by atomic mass is 19.1. The zero-order valence-corrected chi connectivity index (χ0v) is 28.2. The molecule has 13 atom stereocenters. The lowest BCUT2D eigenvalue weighted by atomic mass is 9.33. The second kappa shape index (κ2) is 10.5. The van der Waals surface area contributed by atoms with E-state index < -0.39 is 48.6 Å². The van der Waals surface area contributed by atoms with Crippen molar-refractivity contribution in [2.45, 2.75) is 150 Å². The Morgan fingerprint density at radius 1 is 0.864 bits per heavy atom. The standard InChI is InChI=1S/C37H59FO6/c1-32(2)14-16-37(31(42)43)17-15-35(6)22(23(37)19-32)8-9-27-34(5)12-10-21(33(3,4)26(34)11-13-36(27,35)7)18-24-28(39)30(41)29(40)25(20-38)44-24/h8,21,23-30,39-41H,9-20H2,1-7H3,(H,42,43)/t21-,23?,24-,25?,26?,27?,28?,29+,30?,34-,35+,36+,37-/m0/s1. The molecule has 0 aromatic carbocycles. The Balaban J connectivity index is 1.29. The minimum Gasteiger partial charge on any atom is -0.481 e. The maximum atomic E-state index is 13.6. The van der Waals surface area contributed by atoms with Crippen LogP contribution < -0.4 is 0 Å². The molecule has 5 fully saturated rings. The van der Waals surface area contributed by atoms with Gasteiger partial charge in [-0.15, -0.1) is 0 Å². The molecule has 4 saturated carbocycles. The molecule has 1 aliphatic heterocycles. The predicted molar refractivity (Wildman–Crippen MR) is 167 cm³/mol. The Morgan fingerprint density at radius 3 is 2.18 bits per heavy atom. The first-order chi connectivity index (χ1) is 20.4. The first-order valence-electron chi connectivity index (χ1n) is 17.6. The first kappa shape index (κ1) is 32.9. The minimum atomic E-state index is -1.42. The van der Waals surface area contributed by atoms with Gasteiger partial charge in [0.05, 0.1) is 11.5 Å². The fraction of sp³-hybridized carbons (Fsp3) is 0.919. The summed E-state index contributed by atoms with van der Waals surface area (Å²) in [5.74, 6) is 0.737. The van der Waals surface area contributed by atoms with Crippen molar-refractivity contribution in [3.63, 3.8) is 0 Å². The van der Waals surface area contributed by atoms with Gasteiger partial charge in [0.25, 0.3) is 0 Å². The van der Waals surface area contributed by atoms with Crippen molar-refractivity contribution in [1.82, 2.24) is 0 Å². The fourth-order valence-corrected chi connectivity index (χ4v) is 12.8. The molecule has 0 bridgehead atoms. The number of hydrogen-bond donors (Lipinski definition) is 4. The number of aliphatic hydroxyl groups is 3.